The second-order valence-corrected chi connectivity index (χ2v) is 4.40. The molecule has 1 atom stereocenters. The van der Waals surface area contributed by atoms with Gasteiger partial charge in [0.15, 0.2) is 6.29 Å². The third-order valence-electron chi connectivity index (χ3n) is 2.08. The van der Waals surface area contributed by atoms with Crippen molar-refractivity contribution in [1.29, 1.82) is 0 Å². The summed E-state index contributed by atoms with van der Waals surface area (Å²) in [4.78, 5) is 0. The average molecular weight is 225 g/mol. The summed E-state index contributed by atoms with van der Waals surface area (Å²) < 4.78 is 10.3. The lowest BCUT2D eigenvalue weighted by atomic mass is 10.2. The van der Waals surface area contributed by atoms with Crippen LogP contribution in [0.15, 0.2) is 30.3 Å². The lowest BCUT2D eigenvalue weighted by Crippen LogP contribution is -2.24. The molecule has 0 spiro atoms. The fraction of sp³-hybridized carbons (Fsp3) is 0.417. The Labute approximate surface area is 96.0 Å². The Morgan fingerprint density at radius 3 is 2.33 bits per heavy atom. The molecule has 0 aromatic heterocycles. The first kappa shape index (κ1) is 12.6. The van der Waals surface area contributed by atoms with Gasteiger partial charge in [-0.1, -0.05) is 30.3 Å². The van der Waals surface area contributed by atoms with Crippen LogP contribution in [0.5, 0.6) is 0 Å². The van der Waals surface area contributed by atoms with E-state index in [-0.39, 0.29) is 11.5 Å². The van der Waals surface area contributed by atoms with E-state index in [1.165, 1.54) is 5.56 Å². The van der Waals surface area contributed by atoms with E-state index in [1.807, 2.05) is 18.2 Å². The molecule has 15 heavy (non-hydrogen) atoms. The van der Waals surface area contributed by atoms with E-state index >= 15 is 0 Å². The topological polar surface area (TPSA) is 18.5 Å². The lowest BCUT2D eigenvalue weighted by molar-refractivity contribution is -0.0953. The smallest absolute Gasteiger partial charge is 0.168 e. The van der Waals surface area contributed by atoms with E-state index in [1.54, 1.807) is 26.0 Å². The maximum atomic E-state index is 5.14. The van der Waals surface area contributed by atoms with E-state index in [0.717, 1.165) is 5.75 Å². The Hall–Kier alpha value is -0.510. The summed E-state index contributed by atoms with van der Waals surface area (Å²) in [6.07, 6.45) is -0.237. The summed E-state index contributed by atoms with van der Waals surface area (Å²) in [5, 5.41) is 0.0835. The van der Waals surface area contributed by atoms with Crippen molar-refractivity contribution in [2.45, 2.75) is 17.3 Å². The maximum Gasteiger partial charge on any atom is 0.168 e. The first-order chi connectivity index (χ1) is 7.27. The van der Waals surface area contributed by atoms with Crippen LogP contribution in [0.3, 0.4) is 0 Å². The molecule has 0 aliphatic heterocycles. The summed E-state index contributed by atoms with van der Waals surface area (Å²) >= 11 is 1.73. The van der Waals surface area contributed by atoms with E-state index in [4.69, 9.17) is 9.47 Å². The summed E-state index contributed by atoms with van der Waals surface area (Å²) in [5.74, 6) is 0.929. The predicted molar refractivity (Wildman–Crippen MR) is 64.7 cm³/mol. The highest BCUT2D eigenvalue weighted by Gasteiger charge is 2.15. The number of thioether (sulfide) groups is 1. The minimum absolute atomic E-state index is 0.0835. The molecule has 0 saturated carbocycles. The molecule has 1 unspecified atom stereocenters. The molecular weight excluding hydrogens is 208 g/mol. The van der Waals surface area contributed by atoms with Crippen LogP contribution in [0.2, 0.25) is 0 Å². The first-order valence-electron chi connectivity index (χ1n) is 4.82. The lowest BCUT2D eigenvalue weighted by Gasteiger charge is -2.20. The van der Waals surface area contributed by atoms with Crippen molar-refractivity contribution in [2.24, 2.45) is 0 Å². The molecule has 1 radical (unpaired) electrons. The Balaban J connectivity index is 2.36. The van der Waals surface area contributed by atoms with Crippen molar-refractivity contribution >= 4 is 11.8 Å². The van der Waals surface area contributed by atoms with Crippen molar-refractivity contribution in [3.8, 4) is 0 Å². The predicted octanol–water partition coefficient (Wildman–Crippen LogP) is 2.74. The summed E-state index contributed by atoms with van der Waals surface area (Å²) in [6, 6.07) is 10.3. The summed E-state index contributed by atoms with van der Waals surface area (Å²) in [5.41, 5.74) is 1.29. The van der Waals surface area contributed by atoms with Crippen LogP contribution in [-0.2, 0) is 15.2 Å². The third kappa shape index (κ3) is 4.24. The van der Waals surface area contributed by atoms with Crippen molar-refractivity contribution < 1.29 is 9.47 Å². The number of ether oxygens (including phenoxy) is 2. The number of hydrogen-bond acceptors (Lipinski definition) is 3. The molecule has 0 heterocycles. The molecule has 0 N–H and O–H groups in total. The van der Waals surface area contributed by atoms with E-state index in [9.17, 15) is 0 Å². The zero-order chi connectivity index (χ0) is 11.1. The van der Waals surface area contributed by atoms with Gasteiger partial charge in [0.1, 0.15) is 0 Å². The Morgan fingerprint density at radius 1 is 1.20 bits per heavy atom. The van der Waals surface area contributed by atoms with Gasteiger partial charge < -0.3 is 9.47 Å². The minimum Gasteiger partial charge on any atom is -0.355 e. The Morgan fingerprint density at radius 2 is 1.80 bits per heavy atom. The van der Waals surface area contributed by atoms with Crippen molar-refractivity contribution in [3.63, 3.8) is 0 Å². The fourth-order valence-corrected chi connectivity index (χ4v) is 2.23. The highest BCUT2D eigenvalue weighted by Crippen LogP contribution is 2.21. The molecule has 1 rings (SSSR count). The quantitative estimate of drug-likeness (QED) is 0.694. The normalized spacial score (nSPS) is 13.1. The molecule has 0 aliphatic carbocycles. The third-order valence-corrected chi connectivity index (χ3v) is 3.23. The van der Waals surface area contributed by atoms with E-state index in [0.29, 0.717) is 0 Å². The van der Waals surface area contributed by atoms with Gasteiger partial charge in [-0.05, 0) is 12.5 Å². The van der Waals surface area contributed by atoms with Gasteiger partial charge in [-0.25, -0.2) is 0 Å². The zero-order valence-electron chi connectivity index (χ0n) is 9.18. The van der Waals surface area contributed by atoms with Gasteiger partial charge in [0.2, 0.25) is 0 Å². The molecular formula is C12H17O2S. The molecule has 3 heteroatoms. The van der Waals surface area contributed by atoms with Crippen LogP contribution in [0.4, 0.5) is 0 Å². The number of hydrogen-bond donors (Lipinski definition) is 0. The standard InChI is InChI=1S/C12H17O2S/c1-10(12(13-2)14-3)15-9-11-7-5-4-6-8-11/h4-8,10,12H,1,9H2,2-3H3. The molecule has 0 aliphatic rings. The van der Waals surface area contributed by atoms with Gasteiger partial charge in [0, 0.05) is 20.0 Å². The zero-order valence-corrected chi connectivity index (χ0v) is 10.00. The van der Waals surface area contributed by atoms with E-state index < -0.39 is 0 Å². The summed E-state index contributed by atoms with van der Waals surface area (Å²) in [7, 11) is 3.27. The number of rotatable bonds is 6. The molecule has 1 aromatic rings. The molecule has 0 bridgehead atoms. The Kier molecular flexibility index (Phi) is 5.76. The van der Waals surface area contributed by atoms with Crippen LogP contribution in [0.25, 0.3) is 0 Å². The van der Waals surface area contributed by atoms with Gasteiger partial charge in [0.25, 0.3) is 0 Å². The molecule has 1 aromatic carbocycles. The molecule has 83 valence electrons. The van der Waals surface area contributed by atoms with Crippen molar-refractivity contribution in [1.82, 2.24) is 0 Å². The highest BCUT2D eigenvalue weighted by atomic mass is 32.2. The van der Waals surface area contributed by atoms with E-state index in [2.05, 4.69) is 19.1 Å². The number of benzene rings is 1. The average Bonchev–Trinajstić information content (AvgIpc) is 2.29. The fourth-order valence-electron chi connectivity index (χ4n) is 1.26. The van der Waals surface area contributed by atoms with Crippen LogP contribution in [0.1, 0.15) is 5.56 Å². The summed E-state index contributed by atoms with van der Waals surface area (Å²) in [6.45, 7) is 4.01. The van der Waals surface area contributed by atoms with Gasteiger partial charge in [0.05, 0.1) is 5.25 Å². The second-order valence-electron chi connectivity index (χ2n) is 3.17. The van der Waals surface area contributed by atoms with Gasteiger partial charge in [-0.15, -0.1) is 11.8 Å². The molecule has 2 nitrogen and oxygen atoms in total. The molecule has 0 saturated heterocycles. The molecule has 0 fully saturated rings. The van der Waals surface area contributed by atoms with Crippen molar-refractivity contribution in [3.05, 3.63) is 42.8 Å². The number of methoxy groups -OCH3 is 2. The SMILES string of the molecule is [CH2]C(SCc1ccccc1)C(OC)OC. The van der Waals surface area contributed by atoms with Gasteiger partial charge in [-0.3, -0.25) is 0 Å². The van der Waals surface area contributed by atoms with Crippen LogP contribution in [-0.4, -0.2) is 25.8 Å². The first-order valence-corrected chi connectivity index (χ1v) is 5.87. The van der Waals surface area contributed by atoms with Crippen LogP contribution in [0, 0.1) is 6.92 Å². The molecule has 0 amide bonds. The highest BCUT2D eigenvalue weighted by molar-refractivity contribution is 7.99. The van der Waals surface area contributed by atoms with Crippen LogP contribution >= 0.6 is 11.8 Å². The second kappa shape index (κ2) is 6.88. The Bertz CT molecular complexity index is 260. The van der Waals surface area contributed by atoms with Gasteiger partial charge in [-0.2, -0.15) is 0 Å². The van der Waals surface area contributed by atoms with Crippen LogP contribution < -0.4 is 0 Å². The largest absolute Gasteiger partial charge is 0.355 e. The monoisotopic (exact) mass is 225 g/mol. The van der Waals surface area contributed by atoms with Gasteiger partial charge >= 0.3 is 0 Å². The maximum absolute atomic E-state index is 5.14. The van der Waals surface area contributed by atoms with Crippen molar-refractivity contribution in [2.75, 3.05) is 14.2 Å². The minimum atomic E-state index is -0.237.